The summed E-state index contributed by atoms with van der Waals surface area (Å²) in [7, 11) is 0. The highest BCUT2D eigenvalue weighted by molar-refractivity contribution is 6.34. The Kier molecular flexibility index (Phi) is 4.10. The van der Waals surface area contributed by atoms with Crippen LogP contribution in [-0.4, -0.2) is 23.0 Å². The Bertz CT molecular complexity index is 660. The third kappa shape index (κ3) is 2.83. The highest BCUT2D eigenvalue weighted by atomic mass is 35.5. The molecule has 0 saturated heterocycles. The molecule has 2 aliphatic carbocycles. The second-order valence-electron chi connectivity index (χ2n) is 6.59. The number of hydrogen-bond acceptors (Lipinski definition) is 5. The largest absolute Gasteiger partial charge is 0.394 e. The van der Waals surface area contributed by atoms with Crippen molar-refractivity contribution in [3.05, 3.63) is 23.4 Å². The smallest absolute Gasteiger partial charge is 0.225 e. The minimum absolute atomic E-state index is 0.0506. The molecule has 0 aliphatic heterocycles. The third-order valence-electron chi connectivity index (χ3n) is 4.61. The number of carbonyl (C=O) groups excluding carboxylic acids is 1. The average Bonchev–Trinajstić information content (AvgIpc) is 3.07. The maximum atomic E-state index is 12.6. The Labute approximate surface area is 140 Å². The number of rotatable bonds is 4. The van der Waals surface area contributed by atoms with Gasteiger partial charge < -0.3 is 22.1 Å². The van der Waals surface area contributed by atoms with Crippen molar-refractivity contribution >= 4 is 34.7 Å². The maximum absolute atomic E-state index is 12.6. The van der Waals surface area contributed by atoms with Crippen molar-refractivity contribution in [3.63, 3.8) is 0 Å². The van der Waals surface area contributed by atoms with Crippen LogP contribution in [0.2, 0.25) is 5.02 Å². The van der Waals surface area contributed by atoms with Gasteiger partial charge in [-0.15, -0.1) is 0 Å². The number of nitrogens with two attached hydrogens (primary N) is 2. The zero-order chi connectivity index (χ0) is 16.7. The Hall–Kier alpha value is -1.95. The second-order valence-corrected chi connectivity index (χ2v) is 6.99. The van der Waals surface area contributed by atoms with Crippen LogP contribution in [0.15, 0.2) is 18.3 Å². The van der Waals surface area contributed by atoms with E-state index in [0.29, 0.717) is 16.4 Å². The van der Waals surface area contributed by atoms with E-state index in [9.17, 15) is 4.79 Å². The van der Waals surface area contributed by atoms with Crippen LogP contribution < -0.4 is 22.1 Å². The Morgan fingerprint density at radius 1 is 1.35 bits per heavy atom. The maximum Gasteiger partial charge on any atom is 0.225 e. The van der Waals surface area contributed by atoms with Crippen molar-refractivity contribution in [2.45, 2.75) is 32.4 Å². The molecule has 1 aromatic rings. The van der Waals surface area contributed by atoms with Gasteiger partial charge in [0.1, 0.15) is 5.82 Å². The molecule has 1 fully saturated rings. The van der Waals surface area contributed by atoms with Crippen molar-refractivity contribution in [2.75, 3.05) is 16.8 Å². The first-order valence-corrected chi connectivity index (χ1v) is 8.21. The normalized spacial score (nSPS) is 28.3. The van der Waals surface area contributed by atoms with Crippen molar-refractivity contribution in [3.8, 4) is 0 Å². The van der Waals surface area contributed by atoms with Crippen molar-refractivity contribution in [1.29, 1.82) is 0 Å². The number of hydrogen-bond donors (Lipinski definition) is 4. The van der Waals surface area contributed by atoms with Gasteiger partial charge >= 0.3 is 0 Å². The topological polar surface area (TPSA) is 106 Å². The lowest BCUT2D eigenvalue weighted by molar-refractivity contribution is -0.126. The van der Waals surface area contributed by atoms with Gasteiger partial charge in [-0.25, -0.2) is 4.98 Å². The van der Waals surface area contributed by atoms with Crippen LogP contribution in [-0.2, 0) is 4.79 Å². The van der Waals surface area contributed by atoms with E-state index in [1.807, 2.05) is 13.8 Å². The Morgan fingerprint density at radius 2 is 2.04 bits per heavy atom. The molecule has 0 aromatic carbocycles. The summed E-state index contributed by atoms with van der Waals surface area (Å²) < 4.78 is 0. The molecule has 7 heteroatoms. The number of aromatic nitrogens is 1. The SMILES string of the molecule is CC(C)NC(=O)[C@@H]1[C@H](Nc2c(Cl)cnc(N)c2N)[C@H]2C=C[C@@H]1C2. The molecular formula is C16H22ClN5O. The standard InChI is InChI=1S/C16H22ClN5O/c1-7(2)21-16(23)11-8-3-4-9(5-8)13(11)22-14-10(17)6-20-15(19)12(14)18/h3-4,6-9,11,13H,5,18H2,1-2H3,(H,21,23)(H3,19,20,22)/t8-,9+,11+,13-/m1/s1. The predicted molar refractivity (Wildman–Crippen MR) is 93.0 cm³/mol. The van der Waals surface area contributed by atoms with E-state index in [2.05, 4.69) is 27.8 Å². The molecule has 2 bridgehead atoms. The number of allylic oxidation sites excluding steroid dienone is 1. The summed E-state index contributed by atoms with van der Waals surface area (Å²) in [6, 6.07) is 0.0573. The molecule has 6 nitrogen and oxygen atoms in total. The Morgan fingerprint density at radius 3 is 2.74 bits per heavy atom. The molecule has 124 valence electrons. The summed E-state index contributed by atoms with van der Waals surface area (Å²) in [5.74, 6) is 0.685. The zero-order valence-electron chi connectivity index (χ0n) is 13.2. The molecule has 1 aromatic heterocycles. The van der Waals surface area contributed by atoms with Gasteiger partial charge in [-0.3, -0.25) is 4.79 Å². The van der Waals surface area contributed by atoms with Crippen LogP contribution in [0.4, 0.5) is 17.2 Å². The second kappa shape index (κ2) is 5.92. The number of nitrogens with one attached hydrogen (secondary N) is 2. The van der Waals surface area contributed by atoms with Crippen LogP contribution in [0.25, 0.3) is 0 Å². The van der Waals surface area contributed by atoms with E-state index < -0.39 is 0 Å². The summed E-state index contributed by atoms with van der Waals surface area (Å²) >= 11 is 6.21. The predicted octanol–water partition coefficient (Wildman–Crippen LogP) is 2.03. The zero-order valence-corrected chi connectivity index (χ0v) is 14.0. The number of anilines is 3. The number of nitrogens with zero attached hydrogens (tertiary/aromatic N) is 1. The average molecular weight is 336 g/mol. The van der Waals surface area contributed by atoms with E-state index >= 15 is 0 Å². The van der Waals surface area contributed by atoms with Gasteiger partial charge in [0, 0.05) is 12.1 Å². The van der Waals surface area contributed by atoms with Gasteiger partial charge in [-0.1, -0.05) is 23.8 Å². The third-order valence-corrected chi connectivity index (χ3v) is 4.89. The van der Waals surface area contributed by atoms with Gasteiger partial charge in [0.25, 0.3) is 0 Å². The van der Waals surface area contributed by atoms with Gasteiger partial charge in [-0.05, 0) is 32.1 Å². The van der Waals surface area contributed by atoms with E-state index in [1.54, 1.807) is 0 Å². The van der Waals surface area contributed by atoms with E-state index in [0.717, 1.165) is 6.42 Å². The number of pyridine rings is 1. The molecule has 0 radical (unpaired) electrons. The number of amides is 1. The van der Waals surface area contributed by atoms with E-state index in [4.69, 9.17) is 23.1 Å². The fourth-order valence-corrected chi connectivity index (χ4v) is 3.79. The minimum atomic E-state index is -0.141. The highest BCUT2D eigenvalue weighted by Gasteiger charge is 2.48. The first-order valence-electron chi connectivity index (χ1n) is 7.83. The summed E-state index contributed by atoms with van der Waals surface area (Å²) in [6.45, 7) is 3.92. The first kappa shape index (κ1) is 15.9. The van der Waals surface area contributed by atoms with Gasteiger partial charge in [-0.2, -0.15) is 0 Å². The molecule has 3 rings (SSSR count). The molecule has 2 aliphatic rings. The van der Waals surface area contributed by atoms with Crippen LogP contribution in [0.5, 0.6) is 0 Å². The Balaban J connectivity index is 1.88. The van der Waals surface area contributed by atoms with Crippen LogP contribution in [0.1, 0.15) is 20.3 Å². The molecule has 4 atom stereocenters. The van der Waals surface area contributed by atoms with Gasteiger partial charge in [0.05, 0.1) is 28.5 Å². The first-order chi connectivity index (χ1) is 10.9. The molecule has 6 N–H and O–H groups in total. The fourth-order valence-electron chi connectivity index (χ4n) is 3.59. The van der Waals surface area contributed by atoms with Gasteiger partial charge in [0.2, 0.25) is 5.91 Å². The molecular weight excluding hydrogens is 314 g/mol. The van der Waals surface area contributed by atoms with Crippen molar-refractivity contribution in [1.82, 2.24) is 10.3 Å². The summed E-state index contributed by atoms with van der Waals surface area (Å²) in [6.07, 6.45) is 6.74. The summed E-state index contributed by atoms with van der Waals surface area (Å²) in [4.78, 5) is 16.5. The fraction of sp³-hybridized carbons (Fsp3) is 0.500. The number of carbonyl (C=O) groups is 1. The number of nitrogen functional groups attached to an aromatic ring is 2. The van der Waals surface area contributed by atoms with Gasteiger partial charge in [0.15, 0.2) is 0 Å². The van der Waals surface area contributed by atoms with Crippen LogP contribution in [0.3, 0.4) is 0 Å². The van der Waals surface area contributed by atoms with Crippen LogP contribution >= 0.6 is 11.6 Å². The number of fused-ring (bicyclic) bond motifs is 2. The summed E-state index contributed by atoms with van der Waals surface area (Å²) in [5.41, 5.74) is 12.7. The molecule has 23 heavy (non-hydrogen) atoms. The minimum Gasteiger partial charge on any atom is -0.394 e. The number of halogens is 1. The summed E-state index contributed by atoms with van der Waals surface area (Å²) in [5, 5.41) is 6.79. The molecule has 1 saturated carbocycles. The highest BCUT2D eigenvalue weighted by Crippen LogP contribution is 2.46. The quantitative estimate of drug-likeness (QED) is 0.630. The van der Waals surface area contributed by atoms with E-state index in [-0.39, 0.29) is 41.6 Å². The molecule has 1 amide bonds. The van der Waals surface area contributed by atoms with Crippen LogP contribution in [0, 0.1) is 17.8 Å². The van der Waals surface area contributed by atoms with Crippen molar-refractivity contribution in [2.24, 2.45) is 17.8 Å². The molecule has 0 spiro atoms. The lowest BCUT2D eigenvalue weighted by atomic mass is 9.87. The monoisotopic (exact) mass is 335 g/mol. The lowest BCUT2D eigenvalue weighted by Gasteiger charge is -2.30. The van der Waals surface area contributed by atoms with E-state index in [1.165, 1.54) is 6.20 Å². The molecule has 0 unspecified atom stereocenters. The molecule has 1 heterocycles. The van der Waals surface area contributed by atoms with Crippen molar-refractivity contribution < 1.29 is 4.79 Å². The lowest BCUT2D eigenvalue weighted by Crippen LogP contribution is -2.45.